The maximum atomic E-state index is 12.7. The highest BCUT2D eigenvalue weighted by Crippen LogP contribution is 2.43. The molecule has 1 aromatic rings. The Bertz CT molecular complexity index is 766. The largest absolute Gasteiger partial charge is 0.343 e. The Morgan fingerprint density at radius 1 is 1.38 bits per heavy atom. The van der Waals surface area contributed by atoms with E-state index in [0.29, 0.717) is 0 Å². The summed E-state index contributed by atoms with van der Waals surface area (Å²) in [5.41, 5.74) is -0.371. The number of nitrogens with one attached hydrogen (secondary N) is 2. The molecular formula is C18H24N4O3S. The summed E-state index contributed by atoms with van der Waals surface area (Å²) in [6, 6.07) is -0.467. The molecule has 4 rings (SSSR count). The zero-order chi connectivity index (χ0) is 18.5. The van der Waals surface area contributed by atoms with E-state index in [1.807, 2.05) is 12.3 Å². The predicted molar refractivity (Wildman–Crippen MR) is 96.5 cm³/mol. The molecule has 2 N–H and O–H groups in total. The van der Waals surface area contributed by atoms with Crippen molar-refractivity contribution in [1.82, 2.24) is 20.5 Å². The van der Waals surface area contributed by atoms with Gasteiger partial charge in [-0.05, 0) is 45.4 Å². The van der Waals surface area contributed by atoms with Crippen molar-refractivity contribution in [1.29, 1.82) is 0 Å². The van der Waals surface area contributed by atoms with E-state index in [-0.39, 0.29) is 24.3 Å². The van der Waals surface area contributed by atoms with Crippen molar-refractivity contribution in [3.8, 4) is 0 Å². The van der Waals surface area contributed by atoms with Crippen molar-refractivity contribution in [2.24, 2.45) is 5.92 Å². The third-order valence-electron chi connectivity index (χ3n) is 5.86. The molecule has 0 bridgehead atoms. The van der Waals surface area contributed by atoms with Crippen molar-refractivity contribution in [3.63, 3.8) is 0 Å². The van der Waals surface area contributed by atoms with E-state index in [0.717, 1.165) is 54.1 Å². The quantitative estimate of drug-likeness (QED) is 0.770. The number of rotatable bonds is 5. The van der Waals surface area contributed by atoms with Crippen LogP contribution in [-0.2, 0) is 15.1 Å². The second-order valence-corrected chi connectivity index (χ2v) is 8.79. The lowest BCUT2D eigenvalue weighted by molar-refractivity contribution is -0.135. The number of carbonyl (C=O) groups excluding carboxylic acids is 3. The molecule has 2 saturated carbocycles. The first kappa shape index (κ1) is 17.5. The molecule has 2 heterocycles. The Labute approximate surface area is 156 Å². The second kappa shape index (κ2) is 6.04. The Morgan fingerprint density at radius 2 is 2.08 bits per heavy atom. The molecule has 0 radical (unpaired) electrons. The lowest BCUT2D eigenvalue weighted by Crippen LogP contribution is -2.50. The molecule has 3 aliphatic rings. The highest BCUT2D eigenvalue weighted by molar-refractivity contribution is 7.09. The molecule has 4 amide bonds. The molecule has 7 nitrogen and oxygen atoms in total. The SMILES string of the molecule is Cc1csc(C2(NC(=O)CN3C(=O)NC(C)(C4CC4)C3=O)CCCC2)n1. The van der Waals surface area contributed by atoms with E-state index in [9.17, 15) is 14.4 Å². The normalized spacial score (nSPS) is 27.7. The van der Waals surface area contributed by atoms with Crippen LogP contribution in [0.5, 0.6) is 0 Å². The highest BCUT2D eigenvalue weighted by atomic mass is 32.1. The van der Waals surface area contributed by atoms with Crippen LogP contribution in [0, 0.1) is 12.8 Å². The summed E-state index contributed by atoms with van der Waals surface area (Å²) in [7, 11) is 0. The minimum Gasteiger partial charge on any atom is -0.343 e. The zero-order valence-corrected chi connectivity index (χ0v) is 15.9. The monoisotopic (exact) mass is 376 g/mol. The third-order valence-corrected chi connectivity index (χ3v) is 7.03. The minimum absolute atomic E-state index is 0.187. The van der Waals surface area contributed by atoms with E-state index in [4.69, 9.17) is 0 Å². The number of aromatic nitrogens is 1. The molecular weight excluding hydrogens is 352 g/mol. The first-order valence-corrected chi connectivity index (χ1v) is 10.1. The number of urea groups is 1. The van der Waals surface area contributed by atoms with Crippen LogP contribution < -0.4 is 10.6 Å². The van der Waals surface area contributed by atoms with Crippen molar-refractivity contribution in [2.75, 3.05) is 6.54 Å². The van der Waals surface area contributed by atoms with Crippen LogP contribution in [0.3, 0.4) is 0 Å². The fourth-order valence-corrected chi connectivity index (χ4v) is 5.20. The van der Waals surface area contributed by atoms with Gasteiger partial charge in [0.05, 0.1) is 5.54 Å². The molecule has 26 heavy (non-hydrogen) atoms. The maximum absolute atomic E-state index is 12.7. The van der Waals surface area contributed by atoms with E-state index in [1.165, 1.54) is 0 Å². The summed E-state index contributed by atoms with van der Waals surface area (Å²) >= 11 is 1.56. The number of carbonyl (C=O) groups is 3. The van der Waals surface area contributed by atoms with Gasteiger partial charge in [0.1, 0.15) is 17.1 Å². The van der Waals surface area contributed by atoms with E-state index in [2.05, 4.69) is 15.6 Å². The summed E-state index contributed by atoms with van der Waals surface area (Å²) in [6.07, 6.45) is 5.62. The standard InChI is InChI=1S/C18H24N4O3S/c1-11-10-26-14(19-11)18(7-3-4-8-18)20-13(23)9-22-15(24)17(2,12-5-6-12)21-16(22)25/h10,12H,3-9H2,1-2H3,(H,20,23)(H,21,25). The van der Waals surface area contributed by atoms with Crippen LogP contribution in [-0.4, -0.2) is 39.8 Å². The van der Waals surface area contributed by atoms with Crippen LogP contribution in [0.1, 0.15) is 56.2 Å². The molecule has 1 atom stereocenters. The number of amides is 4. The van der Waals surface area contributed by atoms with E-state index >= 15 is 0 Å². The molecule has 1 aromatic heterocycles. The predicted octanol–water partition coefficient (Wildman–Crippen LogP) is 2.06. The van der Waals surface area contributed by atoms with Gasteiger partial charge in [-0.3, -0.25) is 14.5 Å². The van der Waals surface area contributed by atoms with Crippen molar-refractivity contribution >= 4 is 29.2 Å². The van der Waals surface area contributed by atoms with E-state index in [1.54, 1.807) is 18.3 Å². The topological polar surface area (TPSA) is 91.4 Å². The molecule has 3 fully saturated rings. The fraction of sp³-hybridized carbons (Fsp3) is 0.667. The van der Waals surface area contributed by atoms with Gasteiger partial charge in [0.2, 0.25) is 5.91 Å². The zero-order valence-electron chi connectivity index (χ0n) is 15.1. The van der Waals surface area contributed by atoms with Crippen LogP contribution in [0.25, 0.3) is 0 Å². The summed E-state index contributed by atoms with van der Waals surface area (Å²) in [4.78, 5) is 43.3. The fourth-order valence-electron chi connectivity index (χ4n) is 4.19. The van der Waals surface area contributed by atoms with Gasteiger partial charge in [-0.2, -0.15) is 0 Å². The summed E-state index contributed by atoms with van der Waals surface area (Å²) in [6.45, 7) is 3.47. The first-order chi connectivity index (χ1) is 12.3. The summed E-state index contributed by atoms with van der Waals surface area (Å²) < 4.78 is 0. The van der Waals surface area contributed by atoms with E-state index < -0.39 is 17.1 Å². The lowest BCUT2D eigenvalue weighted by Gasteiger charge is -2.29. The molecule has 2 aliphatic carbocycles. The number of imide groups is 1. The van der Waals surface area contributed by atoms with Gasteiger partial charge in [0, 0.05) is 11.1 Å². The van der Waals surface area contributed by atoms with Gasteiger partial charge in [-0.15, -0.1) is 11.3 Å². The van der Waals surface area contributed by atoms with Gasteiger partial charge in [0.15, 0.2) is 0 Å². The summed E-state index contributed by atoms with van der Waals surface area (Å²) in [5.74, 6) is -0.402. The molecule has 140 valence electrons. The average molecular weight is 376 g/mol. The van der Waals surface area contributed by atoms with Crippen LogP contribution in [0.15, 0.2) is 5.38 Å². The van der Waals surface area contributed by atoms with Gasteiger partial charge < -0.3 is 10.6 Å². The summed E-state index contributed by atoms with van der Waals surface area (Å²) in [5, 5.41) is 8.78. The van der Waals surface area contributed by atoms with Gasteiger partial charge >= 0.3 is 6.03 Å². The number of thiazole rings is 1. The Morgan fingerprint density at radius 3 is 2.65 bits per heavy atom. The van der Waals surface area contributed by atoms with Gasteiger partial charge in [-0.1, -0.05) is 12.8 Å². The van der Waals surface area contributed by atoms with Crippen molar-refractivity contribution in [2.45, 2.75) is 63.5 Å². The highest BCUT2D eigenvalue weighted by Gasteiger charge is 2.56. The van der Waals surface area contributed by atoms with Gasteiger partial charge in [0.25, 0.3) is 5.91 Å². The Hall–Kier alpha value is -1.96. The van der Waals surface area contributed by atoms with Crippen molar-refractivity contribution in [3.05, 3.63) is 16.1 Å². The number of nitrogens with zero attached hydrogens (tertiary/aromatic N) is 2. The smallest absolute Gasteiger partial charge is 0.325 e. The molecule has 1 saturated heterocycles. The molecule has 8 heteroatoms. The van der Waals surface area contributed by atoms with Gasteiger partial charge in [-0.25, -0.2) is 9.78 Å². The molecule has 1 unspecified atom stereocenters. The number of aryl methyl sites for hydroxylation is 1. The van der Waals surface area contributed by atoms with Crippen LogP contribution in [0.2, 0.25) is 0 Å². The second-order valence-electron chi connectivity index (χ2n) is 7.93. The van der Waals surface area contributed by atoms with Crippen LogP contribution >= 0.6 is 11.3 Å². The maximum Gasteiger partial charge on any atom is 0.325 e. The minimum atomic E-state index is -0.852. The Kier molecular flexibility index (Phi) is 4.06. The third kappa shape index (κ3) is 2.80. The lowest BCUT2D eigenvalue weighted by atomic mass is 9.96. The molecule has 0 aromatic carbocycles. The van der Waals surface area contributed by atoms with Crippen LogP contribution in [0.4, 0.5) is 4.79 Å². The molecule has 1 aliphatic heterocycles. The number of hydrogen-bond acceptors (Lipinski definition) is 5. The van der Waals surface area contributed by atoms with Crippen molar-refractivity contribution < 1.29 is 14.4 Å². The Balaban J connectivity index is 1.48. The number of hydrogen-bond donors (Lipinski definition) is 2. The first-order valence-electron chi connectivity index (χ1n) is 9.22. The molecule has 0 spiro atoms. The average Bonchev–Trinajstić information content (AvgIpc) is 3.14.